The molecule has 2 aromatic rings. The van der Waals surface area contributed by atoms with Gasteiger partial charge < -0.3 is 4.52 Å². The first-order valence-electron chi connectivity index (χ1n) is 5.94. The molecule has 1 aromatic carbocycles. The van der Waals surface area contributed by atoms with Crippen molar-refractivity contribution in [1.82, 2.24) is 10.1 Å². The third-order valence-corrected chi connectivity index (χ3v) is 2.69. The summed E-state index contributed by atoms with van der Waals surface area (Å²) in [7, 11) is 0. The van der Waals surface area contributed by atoms with Crippen LogP contribution in [0.2, 0.25) is 0 Å². The van der Waals surface area contributed by atoms with Crippen molar-refractivity contribution in [3.8, 4) is 11.4 Å². The standard InChI is InChI=1S/C14H15FN2O2/c1-8-16-13(17-19-8)9-6-5-7-10(15)11(9)12(18)14(2,3)4/h5-7H,1-4H3. The molecule has 0 saturated carbocycles. The van der Waals surface area contributed by atoms with Crippen molar-refractivity contribution in [2.24, 2.45) is 5.41 Å². The van der Waals surface area contributed by atoms with Crippen molar-refractivity contribution >= 4 is 5.78 Å². The van der Waals surface area contributed by atoms with Crippen LogP contribution in [0, 0.1) is 18.2 Å². The highest BCUT2D eigenvalue weighted by Gasteiger charge is 2.29. The quantitative estimate of drug-likeness (QED) is 0.778. The summed E-state index contributed by atoms with van der Waals surface area (Å²) in [6.07, 6.45) is 0. The number of carbonyl (C=O) groups excluding carboxylic acids is 1. The third-order valence-electron chi connectivity index (χ3n) is 2.69. The van der Waals surface area contributed by atoms with Crippen LogP contribution in [0.3, 0.4) is 0 Å². The molecule has 100 valence electrons. The number of aromatic nitrogens is 2. The second kappa shape index (κ2) is 4.57. The molecule has 0 aliphatic heterocycles. The molecular formula is C14H15FN2O2. The zero-order valence-corrected chi connectivity index (χ0v) is 11.3. The highest BCUT2D eigenvalue weighted by atomic mass is 19.1. The number of ketones is 1. The zero-order chi connectivity index (χ0) is 14.2. The minimum absolute atomic E-state index is 0.0100. The molecule has 0 bridgehead atoms. The normalized spacial score (nSPS) is 11.6. The average molecular weight is 262 g/mol. The van der Waals surface area contributed by atoms with E-state index in [-0.39, 0.29) is 17.2 Å². The number of hydrogen-bond donors (Lipinski definition) is 0. The molecule has 0 fully saturated rings. The molecule has 0 saturated heterocycles. The van der Waals surface area contributed by atoms with Crippen molar-refractivity contribution in [3.05, 3.63) is 35.5 Å². The Morgan fingerprint density at radius 2 is 2.00 bits per heavy atom. The zero-order valence-electron chi connectivity index (χ0n) is 11.3. The van der Waals surface area contributed by atoms with Gasteiger partial charge >= 0.3 is 0 Å². The van der Waals surface area contributed by atoms with Crippen LogP contribution < -0.4 is 0 Å². The average Bonchev–Trinajstić information content (AvgIpc) is 2.73. The van der Waals surface area contributed by atoms with Gasteiger partial charge in [0.2, 0.25) is 11.7 Å². The van der Waals surface area contributed by atoms with Crippen LogP contribution in [0.4, 0.5) is 4.39 Å². The number of carbonyl (C=O) groups is 1. The monoisotopic (exact) mass is 262 g/mol. The first-order chi connectivity index (χ1) is 8.80. The van der Waals surface area contributed by atoms with E-state index in [2.05, 4.69) is 10.1 Å². The van der Waals surface area contributed by atoms with E-state index in [1.807, 2.05) is 0 Å². The van der Waals surface area contributed by atoms with E-state index in [0.717, 1.165) is 0 Å². The van der Waals surface area contributed by atoms with Crippen molar-refractivity contribution in [3.63, 3.8) is 0 Å². The van der Waals surface area contributed by atoms with E-state index in [4.69, 9.17) is 4.52 Å². The SMILES string of the molecule is Cc1nc(-c2cccc(F)c2C(=O)C(C)(C)C)no1. The molecule has 2 rings (SSSR count). The fourth-order valence-electron chi connectivity index (χ4n) is 1.72. The van der Waals surface area contributed by atoms with Crippen LogP contribution in [0.25, 0.3) is 11.4 Å². The van der Waals surface area contributed by atoms with Gasteiger partial charge in [0.1, 0.15) is 5.82 Å². The van der Waals surface area contributed by atoms with Gasteiger partial charge in [0.15, 0.2) is 5.78 Å². The molecule has 0 aliphatic carbocycles. The Bertz CT molecular complexity index is 627. The summed E-state index contributed by atoms with van der Waals surface area (Å²) in [5, 5.41) is 3.75. The van der Waals surface area contributed by atoms with Crippen molar-refractivity contribution in [2.75, 3.05) is 0 Å². The number of aryl methyl sites for hydroxylation is 1. The molecule has 0 aliphatic rings. The van der Waals surface area contributed by atoms with Crippen LogP contribution in [-0.4, -0.2) is 15.9 Å². The first-order valence-corrected chi connectivity index (χ1v) is 5.94. The minimum Gasteiger partial charge on any atom is -0.339 e. The third kappa shape index (κ3) is 2.54. The second-order valence-electron chi connectivity index (χ2n) is 5.38. The Labute approximate surface area is 110 Å². The van der Waals surface area contributed by atoms with Crippen molar-refractivity contribution in [2.45, 2.75) is 27.7 Å². The van der Waals surface area contributed by atoms with Gasteiger partial charge in [-0.3, -0.25) is 4.79 Å². The summed E-state index contributed by atoms with van der Waals surface area (Å²) in [6.45, 7) is 6.87. The molecule has 19 heavy (non-hydrogen) atoms. The molecule has 0 amide bonds. The summed E-state index contributed by atoms with van der Waals surface area (Å²) in [5.74, 6) is -0.263. The Hall–Kier alpha value is -2.04. The number of halogens is 1. The maximum atomic E-state index is 14.0. The topological polar surface area (TPSA) is 56.0 Å². The molecule has 0 spiro atoms. The Morgan fingerprint density at radius 3 is 2.53 bits per heavy atom. The van der Waals surface area contributed by atoms with Crippen LogP contribution in [-0.2, 0) is 0 Å². The van der Waals surface area contributed by atoms with Gasteiger partial charge in [-0.2, -0.15) is 4.98 Å². The van der Waals surface area contributed by atoms with E-state index >= 15 is 0 Å². The number of benzene rings is 1. The van der Waals surface area contributed by atoms with Crippen LogP contribution in [0.15, 0.2) is 22.7 Å². The summed E-state index contributed by atoms with van der Waals surface area (Å²) in [4.78, 5) is 16.4. The molecule has 0 N–H and O–H groups in total. The second-order valence-corrected chi connectivity index (χ2v) is 5.38. The van der Waals surface area contributed by atoms with Gasteiger partial charge in [-0.15, -0.1) is 0 Å². The molecule has 0 atom stereocenters. The van der Waals surface area contributed by atoms with E-state index in [9.17, 15) is 9.18 Å². The summed E-state index contributed by atoms with van der Waals surface area (Å²) in [6, 6.07) is 4.40. The fraction of sp³-hybridized carbons (Fsp3) is 0.357. The number of hydrogen-bond acceptors (Lipinski definition) is 4. The predicted octanol–water partition coefficient (Wildman–Crippen LogP) is 3.41. The van der Waals surface area contributed by atoms with Gasteiger partial charge in [-0.05, 0) is 6.07 Å². The van der Waals surface area contributed by atoms with Crippen molar-refractivity contribution in [1.29, 1.82) is 0 Å². The molecule has 4 nitrogen and oxygen atoms in total. The number of rotatable bonds is 2. The predicted molar refractivity (Wildman–Crippen MR) is 68.2 cm³/mol. The summed E-state index contributed by atoms with van der Waals surface area (Å²) >= 11 is 0. The van der Waals surface area contributed by atoms with Crippen LogP contribution in [0.5, 0.6) is 0 Å². The van der Waals surface area contributed by atoms with E-state index in [1.54, 1.807) is 33.8 Å². The minimum atomic E-state index is -0.685. The maximum Gasteiger partial charge on any atom is 0.223 e. The maximum absolute atomic E-state index is 14.0. The highest BCUT2D eigenvalue weighted by Crippen LogP contribution is 2.30. The van der Waals surface area contributed by atoms with Gasteiger partial charge in [-0.25, -0.2) is 4.39 Å². The number of nitrogens with zero attached hydrogens (tertiary/aromatic N) is 2. The van der Waals surface area contributed by atoms with Crippen LogP contribution in [0.1, 0.15) is 37.0 Å². The molecule has 1 aromatic heterocycles. The van der Waals surface area contributed by atoms with E-state index < -0.39 is 11.2 Å². The Kier molecular flexibility index (Phi) is 3.22. The first kappa shape index (κ1) is 13.4. The van der Waals surface area contributed by atoms with Crippen molar-refractivity contribution < 1.29 is 13.7 Å². The number of Topliss-reactive ketones (excluding diaryl/α,β-unsaturated/α-hetero) is 1. The largest absolute Gasteiger partial charge is 0.339 e. The fourth-order valence-corrected chi connectivity index (χ4v) is 1.72. The van der Waals surface area contributed by atoms with Gasteiger partial charge in [0.05, 0.1) is 5.56 Å². The highest BCUT2D eigenvalue weighted by molar-refractivity contribution is 6.04. The lowest BCUT2D eigenvalue weighted by Gasteiger charge is -2.18. The summed E-state index contributed by atoms with van der Waals surface area (Å²) < 4.78 is 18.9. The lowest BCUT2D eigenvalue weighted by atomic mass is 9.84. The Balaban J connectivity index is 2.63. The van der Waals surface area contributed by atoms with Gasteiger partial charge in [0.25, 0.3) is 0 Å². The Morgan fingerprint density at radius 1 is 1.32 bits per heavy atom. The van der Waals surface area contributed by atoms with Gasteiger partial charge in [-0.1, -0.05) is 38.1 Å². The van der Waals surface area contributed by atoms with Gasteiger partial charge in [0, 0.05) is 17.9 Å². The van der Waals surface area contributed by atoms with E-state index in [1.165, 1.54) is 12.1 Å². The van der Waals surface area contributed by atoms with Crippen LogP contribution >= 0.6 is 0 Å². The van der Waals surface area contributed by atoms with E-state index in [0.29, 0.717) is 11.5 Å². The molecule has 0 unspecified atom stereocenters. The molecule has 1 heterocycles. The summed E-state index contributed by atoms with van der Waals surface area (Å²) in [5.41, 5.74) is -0.317. The molecule has 0 radical (unpaired) electrons. The lowest BCUT2D eigenvalue weighted by molar-refractivity contribution is 0.0854. The molecular weight excluding hydrogens is 247 g/mol. The lowest BCUT2D eigenvalue weighted by Crippen LogP contribution is -2.22. The molecule has 5 heteroatoms. The smallest absolute Gasteiger partial charge is 0.223 e.